The van der Waals surface area contributed by atoms with Crippen molar-refractivity contribution in [1.82, 2.24) is 20.4 Å². The first-order valence-corrected chi connectivity index (χ1v) is 12.8. The predicted molar refractivity (Wildman–Crippen MR) is 135 cm³/mol. The highest BCUT2D eigenvalue weighted by Gasteiger charge is 2.33. The minimum Gasteiger partial charge on any atom is -0.391 e. The fourth-order valence-corrected chi connectivity index (χ4v) is 5.25. The van der Waals surface area contributed by atoms with Crippen LogP contribution in [0.4, 0.5) is 0 Å². The molecule has 0 spiro atoms. The van der Waals surface area contributed by atoms with Crippen molar-refractivity contribution < 1.29 is 4.79 Å². The number of nitrogens with zero attached hydrogens (tertiary/aromatic N) is 2. The van der Waals surface area contributed by atoms with Crippen LogP contribution in [0, 0.1) is 17.2 Å². The Morgan fingerprint density at radius 3 is 2.45 bits per heavy atom. The van der Waals surface area contributed by atoms with Gasteiger partial charge in [-0.2, -0.15) is 0 Å². The summed E-state index contributed by atoms with van der Waals surface area (Å²) < 4.78 is 0. The van der Waals surface area contributed by atoms with Crippen LogP contribution in [0.2, 0.25) is 10.0 Å². The Labute approximate surface area is 207 Å². The zero-order valence-corrected chi connectivity index (χ0v) is 21.1. The zero-order chi connectivity index (χ0) is 23.5. The number of halogens is 2. The summed E-state index contributed by atoms with van der Waals surface area (Å²) in [5.41, 5.74) is 3.22. The molecule has 2 aliphatic carbocycles. The van der Waals surface area contributed by atoms with Gasteiger partial charge in [-0.3, -0.25) is 10.2 Å². The lowest BCUT2D eigenvalue weighted by molar-refractivity contribution is -0.134. The quantitative estimate of drug-likeness (QED) is 0.378. The molecule has 0 radical (unpaired) electrons. The molecular weight excluding hydrogens is 457 g/mol. The third-order valence-electron chi connectivity index (χ3n) is 7.23. The topological polar surface area (TPSA) is 71.5 Å². The van der Waals surface area contributed by atoms with Gasteiger partial charge < -0.3 is 20.4 Å². The normalized spacial score (nSPS) is 22.0. The highest BCUT2D eigenvalue weighted by atomic mass is 35.5. The van der Waals surface area contributed by atoms with E-state index in [0.717, 1.165) is 36.4 Å². The largest absolute Gasteiger partial charge is 0.391 e. The summed E-state index contributed by atoms with van der Waals surface area (Å²) in [5, 5.41) is 16.6. The van der Waals surface area contributed by atoms with Crippen molar-refractivity contribution in [1.29, 1.82) is 5.41 Å². The van der Waals surface area contributed by atoms with E-state index < -0.39 is 0 Å². The van der Waals surface area contributed by atoms with E-state index >= 15 is 0 Å². The van der Waals surface area contributed by atoms with Gasteiger partial charge in [0.25, 0.3) is 0 Å². The van der Waals surface area contributed by atoms with Crippen LogP contribution in [0.5, 0.6) is 0 Å². The number of nitrogens with one attached hydrogen (secondary N) is 3. The molecule has 3 N–H and O–H groups in total. The highest BCUT2D eigenvalue weighted by Crippen LogP contribution is 2.32. The SMILES string of the molecule is CNC1=C(C(=N)N2CCN(C(=O)[C@H](CNCC3CC3)c3ccc(Cl)c(Cl)c3)CC2)[C@H](C)CC1. The van der Waals surface area contributed by atoms with Gasteiger partial charge in [-0.25, -0.2) is 0 Å². The second kappa shape index (κ2) is 10.7. The Hall–Kier alpha value is -1.76. The maximum atomic E-state index is 13.6. The van der Waals surface area contributed by atoms with Crippen molar-refractivity contribution >= 4 is 34.9 Å². The predicted octanol–water partition coefficient (Wildman–Crippen LogP) is 4.10. The second-order valence-electron chi connectivity index (χ2n) is 9.57. The standard InChI is InChI=1S/C25H35Cl2N5O/c1-16-3-8-22(29-2)23(16)24(28)31-9-11-32(12-10-31)25(33)19(15-30-14-17-4-5-17)18-6-7-20(26)21(27)13-18/h6-7,13,16-17,19,28-30H,3-5,8-12,14-15H2,1-2H3/t16-,19-/m1/s1. The molecule has 8 heteroatoms. The lowest BCUT2D eigenvalue weighted by Crippen LogP contribution is -2.52. The first kappa shape index (κ1) is 24.4. The van der Waals surface area contributed by atoms with Crippen LogP contribution in [0.1, 0.15) is 44.1 Å². The third kappa shape index (κ3) is 5.67. The molecule has 1 aromatic carbocycles. The summed E-state index contributed by atoms with van der Waals surface area (Å²) in [5.74, 6) is 1.59. The molecule has 2 atom stereocenters. The van der Waals surface area contributed by atoms with Gasteiger partial charge in [0.1, 0.15) is 5.84 Å². The van der Waals surface area contributed by atoms with Crippen molar-refractivity contribution in [3.05, 3.63) is 45.1 Å². The first-order chi connectivity index (χ1) is 15.9. The van der Waals surface area contributed by atoms with Gasteiger partial charge in [0.05, 0.1) is 16.0 Å². The van der Waals surface area contributed by atoms with Gasteiger partial charge >= 0.3 is 0 Å². The van der Waals surface area contributed by atoms with E-state index in [1.807, 2.05) is 24.1 Å². The smallest absolute Gasteiger partial charge is 0.231 e. The fraction of sp³-hybridized carbons (Fsp3) is 0.600. The van der Waals surface area contributed by atoms with Crippen LogP contribution < -0.4 is 10.6 Å². The van der Waals surface area contributed by atoms with E-state index in [9.17, 15) is 4.79 Å². The Kier molecular flexibility index (Phi) is 7.87. The van der Waals surface area contributed by atoms with Crippen molar-refractivity contribution in [2.75, 3.05) is 46.3 Å². The van der Waals surface area contributed by atoms with Gasteiger partial charge in [0, 0.05) is 51.0 Å². The van der Waals surface area contributed by atoms with Gasteiger partial charge in [0.15, 0.2) is 0 Å². The summed E-state index contributed by atoms with van der Waals surface area (Å²) in [4.78, 5) is 17.7. The molecular formula is C25H35Cl2N5O. The molecule has 6 nitrogen and oxygen atoms in total. The molecule has 2 fully saturated rings. The van der Waals surface area contributed by atoms with Crippen LogP contribution >= 0.6 is 23.2 Å². The number of carbonyl (C=O) groups excluding carboxylic acids is 1. The first-order valence-electron chi connectivity index (χ1n) is 12.1. The monoisotopic (exact) mass is 491 g/mol. The number of piperazine rings is 1. The van der Waals surface area contributed by atoms with Gasteiger partial charge in [-0.1, -0.05) is 36.2 Å². The van der Waals surface area contributed by atoms with Crippen molar-refractivity contribution in [3.63, 3.8) is 0 Å². The number of amides is 1. The number of hydrogen-bond acceptors (Lipinski definition) is 4. The van der Waals surface area contributed by atoms with Gasteiger partial charge in [-0.15, -0.1) is 0 Å². The fourth-order valence-electron chi connectivity index (χ4n) is 4.95. The number of carbonyl (C=O) groups is 1. The molecule has 0 aromatic heterocycles. The Bertz CT molecular complexity index is 921. The summed E-state index contributed by atoms with van der Waals surface area (Å²) in [6, 6.07) is 5.51. The molecule has 1 aliphatic heterocycles. The van der Waals surface area contributed by atoms with Crippen LogP contribution in [0.3, 0.4) is 0 Å². The van der Waals surface area contributed by atoms with Crippen LogP contribution in [0.25, 0.3) is 0 Å². The summed E-state index contributed by atoms with van der Waals surface area (Å²) in [6.45, 7) is 6.36. The Morgan fingerprint density at radius 2 is 1.82 bits per heavy atom. The van der Waals surface area contributed by atoms with E-state index in [2.05, 4.69) is 22.5 Å². The molecule has 1 heterocycles. The molecule has 4 rings (SSSR count). The van der Waals surface area contributed by atoms with E-state index in [0.29, 0.717) is 54.5 Å². The van der Waals surface area contributed by atoms with E-state index in [1.165, 1.54) is 18.5 Å². The molecule has 180 valence electrons. The Morgan fingerprint density at radius 1 is 1.12 bits per heavy atom. The number of rotatable bonds is 8. The van der Waals surface area contributed by atoms with Crippen LogP contribution in [-0.4, -0.2) is 67.9 Å². The van der Waals surface area contributed by atoms with Gasteiger partial charge in [-0.05, 0) is 61.8 Å². The third-order valence-corrected chi connectivity index (χ3v) is 7.97. The number of benzene rings is 1. The number of hydrogen-bond donors (Lipinski definition) is 3. The average Bonchev–Trinajstić information content (AvgIpc) is 3.57. The van der Waals surface area contributed by atoms with Crippen LogP contribution in [-0.2, 0) is 4.79 Å². The zero-order valence-electron chi connectivity index (χ0n) is 19.6. The second-order valence-corrected chi connectivity index (χ2v) is 10.4. The minimum absolute atomic E-state index is 0.118. The lowest BCUT2D eigenvalue weighted by Gasteiger charge is -2.38. The van der Waals surface area contributed by atoms with E-state index in [-0.39, 0.29) is 11.8 Å². The summed E-state index contributed by atoms with van der Waals surface area (Å²) in [6.07, 6.45) is 4.64. The number of allylic oxidation sites excluding steroid dienone is 1. The maximum Gasteiger partial charge on any atom is 0.231 e. The molecule has 1 aromatic rings. The molecule has 0 unspecified atom stereocenters. The van der Waals surface area contributed by atoms with Crippen molar-refractivity contribution in [2.45, 2.75) is 38.5 Å². The van der Waals surface area contributed by atoms with Crippen molar-refractivity contribution in [3.8, 4) is 0 Å². The summed E-state index contributed by atoms with van der Waals surface area (Å²) >= 11 is 12.4. The van der Waals surface area contributed by atoms with E-state index in [4.69, 9.17) is 28.6 Å². The Balaban J connectivity index is 1.41. The summed E-state index contributed by atoms with van der Waals surface area (Å²) in [7, 11) is 1.94. The molecule has 1 saturated carbocycles. The van der Waals surface area contributed by atoms with Crippen molar-refractivity contribution in [2.24, 2.45) is 11.8 Å². The molecule has 33 heavy (non-hydrogen) atoms. The van der Waals surface area contributed by atoms with E-state index in [1.54, 1.807) is 6.07 Å². The maximum absolute atomic E-state index is 13.6. The molecule has 3 aliphatic rings. The minimum atomic E-state index is -0.294. The highest BCUT2D eigenvalue weighted by molar-refractivity contribution is 6.42. The molecule has 0 bridgehead atoms. The molecule has 1 saturated heterocycles. The lowest BCUT2D eigenvalue weighted by atomic mass is 9.96. The molecule has 1 amide bonds. The van der Waals surface area contributed by atoms with Gasteiger partial charge in [0.2, 0.25) is 5.91 Å². The van der Waals surface area contributed by atoms with Crippen LogP contribution in [0.15, 0.2) is 29.5 Å². The number of amidine groups is 1. The average molecular weight is 492 g/mol.